The van der Waals surface area contributed by atoms with Crippen molar-refractivity contribution in [3.63, 3.8) is 0 Å². The summed E-state index contributed by atoms with van der Waals surface area (Å²) in [7, 11) is 0. The second-order valence-corrected chi connectivity index (χ2v) is 5.76. The molecule has 2 aromatic rings. The van der Waals surface area contributed by atoms with Crippen molar-refractivity contribution in [2.45, 2.75) is 38.4 Å². The Kier molecular flexibility index (Phi) is 4.08. The minimum Gasteiger partial charge on any atom is -0.468 e. The fraction of sp³-hybridized carbons (Fsp3) is 0.412. The van der Waals surface area contributed by atoms with Gasteiger partial charge in [-0.25, -0.2) is 4.39 Å². The number of hydrogen-bond acceptors (Lipinski definition) is 3. The smallest absolute Gasteiger partial charge is 0.128 e. The van der Waals surface area contributed by atoms with E-state index in [0.29, 0.717) is 24.7 Å². The number of furan rings is 1. The first-order valence-electron chi connectivity index (χ1n) is 7.43. The van der Waals surface area contributed by atoms with Crippen LogP contribution in [0.4, 0.5) is 4.39 Å². The average Bonchev–Trinajstić information content (AvgIpc) is 3.19. The van der Waals surface area contributed by atoms with Crippen LogP contribution in [0.1, 0.15) is 35.8 Å². The van der Waals surface area contributed by atoms with Gasteiger partial charge >= 0.3 is 0 Å². The molecule has 0 radical (unpaired) electrons. The third-order valence-electron chi connectivity index (χ3n) is 4.07. The maximum absolute atomic E-state index is 14.2. The van der Waals surface area contributed by atoms with Gasteiger partial charge in [0, 0.05) is 18.2 Å². The molecular weight excluding hydrogens is 267 g/mol. The van der Waals surface area contributed by atoms with Crippen molar-refractivity contribution in [2.24, 2.45) is 5.73 Å². The first-order valence-corrected chi connectivity index (χ1v) is 7.43. The summed E-state index contributed by atoms with van der Waals surface area (Å²) in [6.45, 7) is 3.05. The summed E-state index contributed by atoms with van der Waals surface area (Å²) in [5, 5.41) is 0. The van der Waals surface area contributed by atoms with Crippen molar-refractivity contribution in [3.8, 4) is 0 Å². The van der Waals surface area contributed by atoms with Crippen molar-refractivity contribution < 1.29 is 8.81 Å². The highest BCUT2D eigenvalue weighted by atomic mass is 19.1. The van der Waals surface area contributed by atoms with E-state index in [9.17, 15) is 4.39 Å². The Balaban J connectivity index is 1.89. The molecule has 4 heteroatoms. The maximum atomic E-state index is 14.2. The fourth-order valence-electron chi connectivity index (χ4n) is 2.84. The highest BCUT2D eigenvalue weighted by Gasteiger charge is 2.35. The van der Waals surface area contributed by atoms with Gasteiger partial charge in [-0.2, -0.15) is 0 Å². The first kappa shape index (κ1) is 14.3. The van der Waals surface area contributed by atoms with Crippen LogP contribution >= 0.6 is 0 Å². The molecule has 1 atom stereocenters. The summed E-state index contributed by atoms with van der Waals surface area (Å²) in [5.74, 6) is 0.717. The molecule has 1 aliphatic rings. The van der Waals surface area contributed by atoms with Crippen LogP contribution in [0, 0.1) is 12.7 Å². The van der Waals surface area contributed by atoms with Gasteiger partial charge in [0.2, 0.25) is 0 Å². The molecule has 1 saturated carbocycles. The Morgan fingerprint density at radius 3 is 2.81 bits per heavy atom. The molecule has 0 aliphatic heterocycles. The van der Waals surface area contributed by atoms with Crippen molar-refractivity contribution in [1.82, 2.24) is 4.90 Å². The van der Waals surface area contributed by atoms with Crippen molar-refractivity contribution in [3.05, 3.63) is 59.3 Å². The van der Waals surface area contributed by atoms with Crippen LogP contribution in [-0.2, 0) is 6.54 Å². The number of nitrogens with two attached hydrogens (primary N) is 1. The number of rotatable bonds is 6. The maximum Gasteiger partial charge on any atom is 0.128 e. The Hall–Kier alpha value is -1.65. The van der Waals surface area contributed by atoms with E-state index in [1.54, 1.807) is 12.3 Å². The molecule has 3 nitrogen and oxygen atoms in total. The zero-order chi connectivity index (χ0) is 14.8. The minimum atomic E-state index is -0.179. The van der Waals surface area contributed by atoms with E-state index < -0.39 is 0 Å². The molecule has 3 rings (SSSR count). The predicted octanol–water partition coefficient (Wildman–Crippen LogP) is 3.39. The third-order valence-corrected chi connectivity index (χ3v) is 4.07. The second kappa shape index (κ2) is 6.00. The van der Waals surface area contributed by atoms with Crippen LogP contribution < -0.4 is 5.73 Å². The molecule has 0 saturated heterocycles. The topological polar surface area (TPSA) is 42.4 Å². The summed E-state index contributed by atoms with van der Waals surface area (Å²) in [6.07, 6.45) is 3.96. The molecule has 0 bridgehead atoms. The molecule has 1 fully saturated rings. The van der Waals surface area contributed by atoms with E-state index >= 15 is 0 Å². The van der Waals surface area contributed by atoms with E-state index in [0.717, 1.165) is 24.2 Å². The lowest BCUT2D eigenvalue weighted by Crippen LogP contribution is -2.35. The van der Waals surface area contributed by atoms with Gasteiger partial charge in [0.25, 0.3) is 0 Å². The molecule has 1 unspecified atom stereocenters. The van der Waals surface area contributed by atoms with E-state index in [-0.39, 0.29) is 11.9 Å². The lowest BCUT2D eigenvalue weighted by molar-refractivity contribution is 0.165. The average molecular weight is 288 g/mol. The van der Waals surface area contributed by atoms with Gasteiger partial charge in [-0.3, -0.25) is 4.90 Å². The van der Waals surface area contributed by atoms with Crippen molar-refractivity contribution >= 4 is 0 Å². The summed E-state index contributed by atoms with van der Waals surface area (Å²) < 4.78 is 19.7. The summed E-state index contributed by atoms with van der Waals surface area (Å²) >= 11 is 0. The summed E-state index contributed by atoms with van der Waals surface area (Å²) in [5.41, 5.74) is 7.73. The molecular formula is C17H21FN2O. The molecule has 21 heavy (non-hydrogen) atoms. The van der Waals surface area contributed by atoms with Gasteiger partial charge in [-0.1, -0.05) is 17.7 Å². The zero-order valence-corrected chi connectivity index (χ0v) is 12.3. The second-order valence-electron chi connectivity index (χ2n) is 5.76. The number of benzene rings is 1. The molecule has 1 aromatic heterocycles. The van der Waals surface area contributed by atoms with E-state index in [4.69, 9.17) is 10.2 Å². The van der Waals surface area contributed by atoms with Crippen molar-refractivity contribution in [1.29, 1.82) is 0 Å². The van der Waals surface area contributed by atoms with Gasteiger partial charge in [0.15, 0.2) is 0 Å². The number of halogens is 1. The molecule has 2 N–H and O–H groups in total. The molecule has 112 valence electrons. The van der Waals surface area contributed by atoms with Crippen LogP contribution in [0.3, 0.4) is 0 Å². The zero-order valence-electron chi connectivity index (χ0n) is 12.3. The Bertz CT molecular complexity index is 593. The van der Waals surface area contributed by atoms with E-state index in [2.05, 4.69) is 4.90 Å². The van der Waals surface area contributed by atoms with Crippen molar-refractivity contribution in [2.75, 3.05) is 6.54 Å². The molecule has 1 heterocycles. The molecule has 1 aromatic carbocycles. The quantitative estimate of drug-likeness (QED) is 0.886. The fourth-order valence-corrected chi connectivity index (χ4v) is 2.84. The third kappa shape index (κ3) is 3.17. The van der Waals surface area contributed by atoms with E-state index in [1.165, 1.54) is 6.07 Å². The van der Waals surface area contributed by atoms with Gasteiger partial charge in [-0.05, 0) is 38.0 Å². The monoisotopic (exact) mass is 288 g/mol. The largest absolute Gasteiger partial charge is 0.468 e. The van der Waals surface area contributed by atoms with Gasteiger partial charge in [0.05, 0.1) is 18.8 Å². The SMILES string of the molecule is Cc1ccc(F)c(C(CN)N(Cc2ccco2)C2CC2)c1. The Morgan fingerprint density at radius 2 is 2.19 bits per heavy atom. The molecule has 0 spiro atoms. The highest BCUT2D eigenvalue weighted by Crippen LogP contribution is 2.36. The van der Waals surface area contributed by atoms with Crippen LogP contribution in [0.5, 0.6) is 0 Å². The lowest BCUT2D eigenvalue weighted by Gasteiger charge is -2.31. The predicted molar refractivity (Wildman–Crippen MR) is 80.2 cm³/mol. The Morgan fingerprint density at radius 1 is 1.38 bits per heavy atom. The van der Waals surface area contributed by atoms with E-state index in [1.807, 2.05) is 25.1 Å². The van der Waals surface area contributed by atoms with Gasteiger partial charge in [-0.15, -0.1) is 0 Å². The van der Waals surface area contributed by atoms with Crippen LogP contribution in [0.2, 0.25) is 0 Å². The lowest BCUT2D eigenvalue weighted by atomic mass is 10.0. The van der Waals surface area contributed by atoms with Crippen LogP contribution in [-0.4, -0.2) is 17.5 Å². The molecule has 1 aliphatic carbocycles. The van der Waals surface area contributed by atoms with Gasteiger partial charge in [0.1, 0.15) is 11.6 Å². The van der Waals surface area contributed by atoms with Crippen LogP contribution in [0.15, 0.2) is 41.0 Å². The molecule has 0 amide bonds. The normalized spacial score (nSPS) is 16.4. The highest BCUT2D eigenvalue weighted by molar-refractivity contribution is 5.28. The van der Waals surface area contributed by atoms with Gasteiger partial charge < -0.3 is 10.2 Å². The first-order chi connectivity index (χ1) is 10.2. The summed E-state index contributed by atoms with van der Waals surface area (Å²) in [4.78, 5) is 2.27. The summed E-state index contributed by atoms with van der Waals surface area (Å²) in [6, 6.07) is 9.43. The van der Waals surface area contributed by atoms with Crippen LogP contribution in [0.25, 0.3) is 0 Å². The Labute approximate surface area is 124 Å². The minimum absolute atomic E-state index is 0.109. The standard InChI is InChI=1S/C17H21FN2O/c1-12-4-7-16(18)15(9-12)17(10-19)20(13-5-6-13)11-14-3-2-8-21-14/h2-4,7-9,13,17H,5-6,10-11,19H2,1H3. The number of nitrogens with zero attached hydrogens (tertiary/aromatic N) is 1. The number of aryl methyl sites for hydroxylation is 1. The number of hydrogen-bond donors (Lipinski definition) is 1.